The maximum atomic E-state index is 12.4. The zero-order chi connectivity index (χ0) is 19.9. The first-order valence-electron chi connectivity index (χ1n) is 9.99. The van der Waals surface area contributed by atoms with Gasteiger partial charge in [-0.1, -0.05) is 81.4 Å². The van der Waals surface area contributed by atoms with Gasteiger partial charge in [-0.2, -0.15) is 0 Å². The van der Waals surface area contributed by atoms with Crippen molar-refractivity contribution in [3.63, 3.8) is 0 Å². The first kappa shape index (κ1) is 21.6. The van der Waals surface area contributed by atoms with Crippen LogP contribution in [0.15, 0.2) is 60.7 Å². The molecule has 0 saturated heterocycles. The van der Waals surface area contributed by atoms with E-state index in [2.05, 4.69) is 58.1 Å². The third kappa shape index (κ3) is 6.75. The van der Waals surface area contributed by atoms with Crippen LogP contribution in [0.4, 0.5) is 0 Å². The number of hydrogen-bond donors (Lipinski definition) is 0. The van der Waals surface area contributed by atoms with Crippen LogP contribution in [0.3, 0.4) is 0 Å². The first-order valence-corrected chi connectivity index (χ1v) is 12.9. The average Bonchev–Trinajstić information content (AvgIpc) is 2.62. The summed E-state index contributed by atoms with van der Waals surface area (Å²) in [4.78, 5) is 12.4. The molecule has 2 aromatic carbocycles. The van der Waals surface area contributed by atoms with E-state index in [9.17, 15) is 4.79 Å². The van der Waals surface area contributed by atoms with E-state index in [1.54, 1.807) is 0 Å². The number of hydrogen-bond acceptors (Lipinski definition) is 2. The summed E-state index contributed by atoms with van der Waals surface area (Å²) in [5.74, 6) is 0.224. The highest BCUT2D eigenvalue weighted by molar-refractivity contribution is 6.74. The molecule has 1 atom stereocenters. The second-order valence-corrected chi connectivity index (χ2v) is 13.6. The Balaban J connectivity index is 2.00. The van der Waals surface area contributed by atoms with Gasteiger partial charge in [-0.25, -0.2) is 0 Å². The molecule has 0 aliphatic rings. The minimum Gasteiger partial charge on any atom is -0.414 e. The molecule has 1 unspecified atom stereocenters. The number of carbonyl (C=O) groups is 1. The van der Waals surface area contributed by atoms with Crippen LogP contribution in [0, 0.1) is 0 Å². The smallest absolute Gasteiger partial charge is 0.192 e. The van der Waals surface area contributed by atoms with Gasteiger partial charge in [0, 0.05) is 18.1 Å². The van der Waals surface area contributed by atoms with Crippen molar-refractivity contribution in [1.82, 2.24) is 0 Å². The Morgan fingerprint density at radius 1 is 0.963 bits per heavy atom. The van der Waals surface area contributed by atoms with E-state index < -0.39 is 8.32 Å². The standard InChI is InChI=1S/C24H34O2Si/c1-24(2,3)27(4,5)26-22(19-20-13-8-6-9-14-20)17-12-18-23(25)21-15-10-7-11-16-21/h6-11,13-16,22H,12,17-19H2,1-5H3. The fraction of sp³-hybridized carbons (Fsp3) is 0.458. The zero-order valence-electron chi connectivity index (χ0n) is 17.5. The summed E-state index contributed by atoms with van der Waals surface area (Å²) in [5, 5.41) is 0.182. The quantitative estimate of drug-likeness (QED) is 0.357. The van der Waals surface area contributed by atoms with Crippen molar-refractivity contribution in [2.24, 2.45) is 0 Å². The van der Waals surface area contributed by atoms with Crippen LogP contribution >= 0.6 is 0 Å². The molecule has 0 amide bonds. The molecular weight excluding hydrogens is 348 g/mol. The molecule has 0 radical (unpaired) electrons. The van der Waals surface area contributed by atoms with E-state index in [4.69, 9.17) is 4.43 Å². The van der Waals surface area contributed by atoms with Crippen LogP contribution in [-0.4, -0.2) is 20.2 Å². The van der Waals surface area contributed by atoms with Gasteiger partial charge in [0.1, 0.15) is 0 Å². The van der Waals surface area contributed by atoms with Gasteiger partial charge in [-0.05, 0) is 43.0 Å². The molecule has 0 heterocycles. The highest BCUT2D eigenvalue weighted by Gasteiger charge is 2.39. The van der Waals surface area contributed by atoms with Crippen LogP contribution in [0.5, 0.6) is 0 Å². The molecule has 0 bridgehead atoms. The van der Waals surface area contributed by atoms with Gasteiger partial charge >= 0.3 is 0 Å². The Labute approximate surface area is 166 Å². The molecule has 0 aliphatic heterocycles. The molecule has 0 spiro atoms. The Morgan fingerprint density at radius 3 is 2.07 bits per heavy atom. The molecule has 27 heavy (non-hydrogen) atoms. The van der Waals surface area contributed by atoms with E-state index in [0.717, 1.165) is 24.8 Å². The number of ketones is 1. The van der Waals surface area contributed by atoms with Gasteiger partial charge in [0.2, 0.25) is 0 Å². The topological polar surface area (TPSA) is 26.3 Å². The SMILES string of the molecule is CC(C)(C)[Si](C)(C)OC(CCCC(=O)c1ccccc1)Cc1ccccc1. The summed E-state index contributed by atoms with van der Waals surface area (Å²) in [5.41, 5.74) is 2.11. The predicted octanol–water partition coefficient (Wildman–Crippen LogP) is 6.67. The van der Waals surface area contributed by atoms with Crippen molar-refractivity contribution in [3.8, 4) is 0 Å². The van der Waals surface area contributed by atoms with Gasteiger partial charge in [0.25, 0.3) is 0 Å². The Bertz CT molecular complexity index is 702. The average molecular weight is 383 g/mol. The van der Waals surface area contributed by atoms with Gasteiger partial charge in [0.05, 0.1) is 0 Å². The largest absolute Gasteiger partial charge is 0.414 e. The van der Waals surface area contributed by atoms with Crippen molar-refractivity contribution in [1.29, 1.82) is 0 Å². The normalized spacial score (nSPS) is 13.4. The van der Waals surface area contributed by atoms with Crippen LogP contribution < -0.4 is 0 Å². The minimum absolute atomic E-state index is 0.164. The lowest BCUT2D eigenvalue weighted by Crippen LogP contribution is -2.44. The predicted molar refractivity (Wildman–Crippen MR) is 117 cm³/mol. The number of Topliss-reactive ketones (excluding diaryl/α,β-unsaturated/α-hetero) is 1. The lowest BCUT2D eigenvalue weighted by Gasteiger charge is -2.39. The fourth-order valence-corrected chi connectivity index (χ4v) is 4.32. The second kappa shape index (κ2) is 9.47. The zero-order valence-corrected chi connectivity index (χ0v) is 18.5. The Hall–Kier alpha value is -1.71. The van der Waals surface area contributed by atoms with Gasteiger partial charge in [-0.15, -0.1) is 0 Å². The third-order valence-corrected chi connectivity index (χ3v) is 10.1. The number of rotatable bonds is 9. The summed E-state index contributed by atoms with van der Waals surface area (Å²) in [6, 6.07) is 20.1. The van der Waals surface area contributed by atoms with E-state index in [1.807, 2.05) is 36.4 Å². The molecule has 3 heteroatoms. The van der Waals surface area contributed by atoms with E-state index in [0.29, 0.717) is 6.42 Å². The molecule has 146 valence electrons. The molecule has 0 fully saturated rings. The summed E-state index contributed by atoms with van der Waals surface area (Å²) in [6.45, 7) is 11.4. The van der Waals surface area contributed by atoms with Crippen LogP contribution in [-0.2, 0) is 10.8 Å². The van der Waals surface area contributed by atoms with Crippen molar-refractivity contribution in [2.75, 3.05) is 0 Å². The summed E-state index contributed by atoms with van der Waals surface area (Å²) in [6.07, 6.45) is 3.43. The lowest BCUT2D eigenvalue weighted by molar-refractivity contribution is 0.0970. The van der Waals surface area contributed by atoms with Gasteiger partial charge in [0.15, 0.2) is 14.1 Å². The molecule has 2 aromatic rings. The number of benzene rings is 2. The molecule has 0 N–H and O–H groups in total. The van der Waals surface area contributed by atoms with Gasteiger partial charge in [-0.3, -0.25) is 4.79 Å². The van der Waals surface area contributed by atoms with Crippen molar-refractivity contribution >= 4 is 14.1 Å². The fourth-order valence-electron chi connectivity index (χ4n) is 2.93. The van der Waals surface area contributed by atoms with Crippen molar-refractivity contribution in [3.05, 3.63) is 71.8 Å². The summed E-state index contributed by atoms with van der Waals surface area (Å²) < 4.78 is 6.72. The highest BCUT2D eigenvalue weighted by Crippen LogP contribution is 2.38. The molecule has 0 aliphatic carbocycles. The lowest BCUT2D eigenvalue weighted by atomic mass is 10.0. The number of carbonyl (C=O) groups excluding carboxylic acids is 1. The van der Waals surface area contributed by atoms with Crippen LogP contribution in [0.2, 0.25) is 18.1 Å². The summed E-state index contributed by atoms with van der Waals surface area (Å²) in [7, 11) is -1.85. The maximum Gasteiger partial charge on any atom is 0.192 e. The third-order valence-electron chi connectivity index (χ3n) is 5.60. The minimum atomic E-state index is -1.85. The Kier molecular flexibility index (Phi) is 7.57. The highest BCUT2D eigenvalue weighted by atomic mass is 28.4. The summed E-state index contributed by atoms with van der Waals surface area (Å²) >= 11 is 0. The molecule has 0 saturated carbocycles. The molecule has 2 nitrogen and oxygen atoms in total. The van der Waals surface area contributed by atoms with Crippen LogP contribution in [0.25, 0.3) is 0 Å². The molecule has 2 rings (SSSR count). The van der Waals surface area contributed by atoms with Crippen molar-refractivity contribution in [2.45, 2.75) is 70.7 Å². The second-order valence-electron chi connectivity index (χ2n) is 8.87. The van der Waals surface area contributed by atoms with Crippen LogP contribution in [0.1, 0.15) is 56.0 Å². The van der Waals surface area contributed by atoms with E-state index in [-0.39, 0.29) is 16.9 Å². The molecule has 0 aromatic heterocycles. The monoisotopic (exact) mass is 382 g/mol. The Morgan fingerprint density at radius 2 is 1.52 bits per heavy atom. The van der Waals surface area contributed by atoms with Crippen molar-refractivity contribution < 1.29 is 9.22 Å². The van der Waals surface area contributed by atoms with E-state index >= 15 is 0 Å². The maximum absolute atomic E-state index is 12.4. The molecular formula is C24H34O2Si. The van der Waals surface area contributed by atoms with E-state index in [1.165, 1.54) is 5.56 Å². The first-order chi connectivity index (χ1) is 12.7. The van der Waals surface area contributed by atoms with Gasteiger partial charge < -0.3 is 4.43 Å².